The highest BCUT2D eigenvalue weighted by molar-refractivity contribution is 6.00. The van der Waals surface area contributed by atoms with Gasteiger partial charge in [-0.15, -0.1) is 0 Å². The highest BCUT2D eigenvalue weighted by Crippen LogP contribution is 2.27. The molecule has 1 heterocycles. The van der Waals surface area contributed by atoms with Gasteiger partial charge in [-0.2, -0.15) is 0 Å². The minimum atomic E-state index is -0.980. The topological polar surface area (TPSA) is 140 Å². The van der Waals surface area contributed by atoms with Crippen LogP contribution in [0.5, 0.6) is 0 Å². The molecule has 10 nitrogen and oxygen atoms in total. The van der Waals surface area contributed by atoms with Gasteiger partial charge in [-0.3, -0.25) is 14.4 Å². The second-order valence-electron chi connectivity index (χ2n) is 12.5. The van der Waals surface area contributed by atoms with Gasteiger partial charge in [0.05, 0.1) is 18.2 Å². The normalized spacial score (nSPS) is 17.4. The molecular weight excluding hydrogens is 570 g/mol. The lowest BCUT2D eigenvalue weighted by molar-refractivity contribution is -0.124. The summed E-state index contributed by atoms with van der Waals surface area (Å²) in [5.74, 6) is -0.335. The van der Waals surface area contributed by atoms with Gasteiger partial charge in [-0.1, -0.05) is 49.6 Å². The smallest absolute Gasteiger partial charge is 0.251 e. The third-order valence-electron chi connectivity index (χ3n) is 8.66. The van der Waals surface area contributed by atoms with Gasteiger partial charge in [-0.25, -0.2) is 0 Å². The van der Waals surface area contributed by atoms with Crippen LogP contribution in [0.1, 0.15) is 87.6 Å². The first-order chi connectivity index (χ1) is 21.7. The van der Waals surface area contributed by atoms with Crippen molar-refractivity contribution in [3.05, 3.63) is 59.7 Å². The van der Waals surface area contributed by atoms with E-state index in [4.69, 9.17) is 0 Å². The van der Waals surface area contributed by atoms with Crippen molar-refractivity contribution in [2.24, 2.45) is 0 Å². The predicted molar refractivity (Wildman–Crippen MR) is 176 cm³/mol. The first kappa shape index (κ1) is 34.1. The van der Waals surface area contributed by atoms with Crippen molar-refractivity contribution in [3.8, 4) is 0 Å². The van der Waals surface area contributed by atoms with E-state index in [-0.39, 0.29) is 36.1 Å². The molecule has 1 aliphatic heterocycles. The fourth-order valence-corrected chi connectivity index (χ4v) is 6.00. The zero-order valence-electron chi connectivity index (χ0n) is 26.6. The van der Waals surface area contributed by atoms with Crippen molar-refractivity contribution >= 4 is 34.9 Å². The van der Waals surface area contributed by atoms with E-state index in [0.29, 0.717) is 55.7 Å². The SMILES string of the molecule is CC(=O)CCCNc1cc(C(=O)N[C@@H](Cc2ccccc2)[C@H](O)CN[C@@H](C)C(=O)NC2CCCCC2)cc(N2CCCC2=O)c1. The van der Waals surface area contributed by atoms with Gasteiger partial charge < -0.3 is 36.1 Å². The molecule has 1 saturated heterocycles. The van der Waals surface area contributed by atoms with Crippen LogP contribution >= 0.6 is 0 Å². The molecule has 2 aromatic rings. The van der Waals surface area contributed by atoms with Crippen LogP contribution in [0, 0.1) is 0 Å². The van der Waals surface area contributed by atoms with Crippen LogP contribution in [0.25, 0.3) is 0 Å². The fraction of sp³-hybridized carbons (Fsp3) is 0.543. The Morgan fingerprint density at radius 1 is 1.02 bits per heavy atom. The molecule has 0 bridgehead atoms. The second-order valence-corrected chi connectivity index (χ2v) is 12.5. The molecule has 0 spiro atoms. The molecule has 0 unspecified atom stereocenters. The number of carbonyl (C=O) groups is 4. The maximum atomic E-state index is 13.8. The van der Waals surface area contributed by atoms with Crippen LogP contribution in [0.4, 0.5) is 11.4 Å². The van der Waals surface area contributed by atoms with Crippen molar-refractivity contribution in [3.63, 3.8) is 0 Å². The van der Waals surface area contributed by atoms with E-state index < -0.39 is 18.2 Å². The summed E-state index contributed by atoms with van der Waals surface area (Å²) < 4.78 is 0. The van der Waals surface area contributed by atoms with Crippen LogP contribution in [-0.2, 0) is 20.8 Å². The van der Waals surface area contributed by atoms with Crippen molar-refractivity contribution < 1.29 is 24.3 Å². The number of hydrogen-bond acceptors (Lipinski definition) is 7. The molecular formula is C35H49N5O5. The number of amides is 3. The van der Waals surface area contributed by atoms with E-state index in [9.17, 15) is 24.3 Å². The number of benzene rings is 2. The van der Waals surface area contributed by atoms with Crippen LogP contribution in [0.2, 0.25) is 0 Å². The molecule has 4 rings (SSSR count). The average Bonchev–Trinajstić information content (AvgIpc) is 3.47. The Balaban J connectivity index is 1.46. The van der Waals surface area contributed by atoms with Gasteiger partial charge in [0.1, 0.15) is 5.78 Å². The third kappa shape index (κ3) is 10.7. The molecule has 5 N–H and O–H groups in total. The molecule has 10 heteroatoms. The fourth-order valence-electron chi connectivity index (χ4n) is 6.00. The number of Topliss-reactive ketones (excluding diaryl/α,β-unsaturated/α-hetero) is 1. The van der Waals surface area contributed by atoms with Crippen LogP contribution in [-0.4, -0.2) is 72.5 Å². The molecule has 0 radical (unpaired) electrons. The first-order valence-electron chi connectivity index (χ1n) is 16.4. The minimum absolute atomic E-state index is 0.0141. The molecule has 244 valence electrons. The van der Waals surface area contributed by atoms with Crippen LogP contribution in [0.15, 0.2) is 48.5 Å². The lowest BCUT2D eigenvalue weighted by Gasteiger charge is -2.28. The summed E-state index contributed by atoms with van der Waals surface area (Å²) in [5.41, 5.74) is 2.63. The summed E-state index contributed by atoms with van der Waals surface area (Å²) in [5, 5.41) is 23.9. The molecule has 1 saturated carbocycles. The van der Waals surface area contributed by atoms with E-state index in [0.717, 1.165) is 37.7 Å². The number of aliphatic hydroxyl groups excluding tert-OH is 1. The summed E-state index contributed by atoms with van der Waals surface area (Å²) >= 11 is 0. The van der Waals surface area contributed by atoms with Gasteiger partial charge in [0.2, 0.25) is 11.8 Å². The van der Waals surface area contributed by atoms with Gasteiger partial charge in [0, 0.05) is 55.5 Å². The number of nitrogens with one attached hydrogen (secondary N) is 4. The summed E-state index contributed by atoms with van der Waals surface area (Å²) in [4.78, 5) is 52.2. The molecule has 2 aromatic carbocycles. The molecule has 3 amide bonds. The first-order valence-corrected chi connectivity index (χ1v) is 16.4. The zero-order chi connectivity index (χ0) is 32.2. The molecule has 45 heavy (non-hydrogen) atoms. The Labute approximate surface area is 266 Å². The number of anilines is 2. The molecule has 1 aliphatic carbocycles. The van der Waals surface area contributed by atoms with Crippen LogP contribution < -0.4 is 26.2 Å². The molecule has 2 aliphatic rings. The Bertz CT molecular complexity index is 1300. The van der Waals surface area contributed by atoms with Crippen molar-refractivity contribution in [2.45, 2.75) is 102 Å². The van der Waals surface area contributed by atoms with E-state index >= 15 is 0 Å². The van der Waals surface area contributed by atoms with Crippen molar-refractivity contribution in [1.29, 1.82) is 0 Å². The number of nitrogens with zero attached hydrogens (tertiary/aromatic N) is 1. The number of aliphatic hydroxyl groups is 1. The Kier molecular flexibility index (Phi) is 12.9. The van der Waals surface area contributed by atoms with Gasteiger partial charge in [0.25, 0.3) is 5.91 Å². The molecule has 0 aromatic heterocycles. The Morgan fingerprint density at radius 3 is 2.47 bits per heavy atom. The van der Waals surface area contributed by atoms with Crippen molar-refractivity contribution in [2.75, 3.05) is 29.9 Å². The second kappa shape index (κ2) is 17.1. The number of carbonyl (C=O) groups excluding carboxylic acids is 4. The lowest BCUT2D eigenvalue weighted by Crippen LogP contribution is -2.53. The van der Waals surface area contributed by atoms with Gasteiger partial charge in [0.15, 0.2) is 0 Å². The number of ketones is 1. The van der Waals surface area contributed by atoms with E-state index in [1.54, 1.807) is 30.9 Å². The lowest BCUT2D eigenvalue weighted by atomic mass is 9.95. The summed E-state index contributed by atoms with van der Waals surface area (Å²) in [6.45, 7) is 4.59. The standard InChI is InChI=1S/C35H49N5O5/c1-24(41)11-9-17-36-29-20-27(21-30(22-29)40-18-10-16-33(40)43)35(45)39-31(19-26-12-5-3-6-13-26)32(42)23-37-25(2)34(44)38-28-14-7-4-8-15-28/h3,5-6,12-13,20-22,25,28,31-32,36-37,42H,4,7-11,14-19,23H2,1-2H3,(H,38,44)(H,39,45)/t25-,31-,32+/m0/s1. The minimum Gasteiger partial charge on any atom is -0.390 e. The van der Waals surface area contributed by atoms with Gasteiger partial charge in [-0.05, 0) is 69.7 Å². The average molecular weight is 620 g/mol. The highest BCUT2D eigenvalue weighted by atomic mass is 16.3. The monoisotopic (exact) mass is 619 g/mol. The van der Waals surface area contributed by atoms with Gasteiger partial charge >= 0.3 is 0 Å². The maximum absolute atomic E-state index is 13.8. The molecule has 3 atom stereocenters. The molecule has 2 fully saturated rings. The quantitative estimate of drug-likeness (QED) is 0.181. The third-order valence-corrected chi connectivity index (χ3v) is 8.66. The zero-order valence-corrected chi connectivity index (χ0v) is 26.6. The number of rotatable bonds is 16. The largest absolute Gasteiger partial charge is 0.390 e. The Hall–Kier alpha value is -3.76. The van der Waals surface area contributed by atoms with E-state index in [1.165, 1.54) is 6.42 Å². The summed E-state index contributed by atoms with van der Waals surface area (Å²) in [6, 6.07) is 14.0. The highest BCUT2D eigenvalue weighted by Gasteiger charge is 2.27. The van der Waals surface area contributed by atoms with E-state index in [1.807, 2.05) is 36.4 Å². The Morgan fingerprint density at radius 2 is 1.78 bits per heavy atom. The number of hydrogen-bond donors (Lipinski definition) is 5. The maximum Gasteiger partial charge on any atom is 0.251 e. The van der Waals surface area contributed by atoms with Crippen molar-refractivity contribution in [1.82, 2.24) is 16.0 Å². The summed E-state index contributed by atoms with van der Waals surface area (Å²) in [7, 11) is 0. The van der Waals surface area contributed by atoms with Crippen LogP contribution in [0.3, 0.4) is 0 Å². The predicted octanol–water partition coefficient (Wildman–Crippen LogP) is 3.72. The summed E-state index contributed by atoms with van der Waals surface area (Å²) in [6.07, 6.45) is 7.19. The van der Waals surface area contributed by atoms with E-state index in [2.05, 4.69) is 21.3 Å².